The monoisotopic (exact) mass is 315 g/mol. The SMILES string of the molecule is COCC(Br)CN(C)C(=O)c1ccc(C)cc1O. The molecule has 1 N–H and O–H groups in total. The second-order valence-corrected chi connectivity index (χ2v) is 5.55. The van der Waals surface area contributed by atoms with Crippen molar-refractivity contribution in [1.29, 1.82) is 0 Å². The van der Waals surface area contributed by atoms with Crippen LogP contribution in [0.4, 0.5) is 0 Å². The fourth-order valence-electron chi connectivity index (χ4n) is 1.64. The largest absolute Gasteiger partial charge is 0.507 e. The number of phenolic OH excluding ortho intramolecular Hbond substituents is 1. The molecule has 0 fully saturated rings. The van der Waals surface area contributed by atoms with Gasteiger partial charge in [-0.05, 0) is 24.6 Å². The molecule has 0 aliphatic heterocycles. The first-order valence-electron chi connectivity index (χ1n) is 5.63. The molecule has 18 heavy (non-hydrogen) atoms. The number of carbonyl (C=O) groups is 1. The summed E-state index contributed by atoms with van der Waals surface area (Å²) >= 11 is 3.43. The Kier molecular flexibility index (Phi) is 5.62. The molecule has 1 rings (SSSR count). The number of aryl methyl sites for hydroxylation is 1. The van der Waals surface area contributed by atoms with Crippen LogP contribution in [0, 0.1) is 6.92 Å². The first-order valence-corrected chi connectivity index (χ1v) is 6.55. The molecule has 0 heterocycles. The molecule has 4 nitrogen and oxygen atoms in total. The number of hydrogen-bond acceptors (Lipinski definition) is 3. The van der Waals surface area contributed by atoms with Crippen LogP contribution in [-0.2, 0) is 4.74 Å². The van der Waals surface area contributed by atoms with E-state index < -0.39 is 0 Å². The lowest BCUT2D eigenvalue weighted by Gasteiger charge is -2.20. The van der Waals surface area contributed by atoms with Gasteiger partial charge in [-0.3, -0.25) is 4.79 Å². The van der Waals surface area contributed by atoms with Crippen LogP contribution in [0.2, 0.25) is 0 Å². The first-order chi connectivity index (χ1) is 8.45. The lowest BCUT2D eigenvalue weighted by Crippen LogP contribution is -2.33. The third-order valence-electron chi connectivity index (χ3n) is 2.55. The highest BCUT2D eigenvalue weighted by Crippen LogP contribution is 2.20. The lowest BCUT2D eigenvalue weighted by atomic mass is 10.1. The molecule has 1 atom stereocenters. The number of carbonyl (C=O) groups excluding carboxylic acids is 1. The Morgan fingerprint density at radius 1 is 1.56 bits per heavy atom. The number of ether oxygens (including phenoxy) is 1. The number of amides is 1. The van der Waals surface area contributed by atoms with E-state index in [2.05, 4.69) is 15.9 Å². The zero-order valence-corrected chi connectivity index (χ0v) is 12.4. The summed E-state index contributed by atoms with van der Waals surface area (Å²) in [6.45, 7) is 2.91. The van der Waals surface area contributed by atoms with E-state index in [1.54, 1.807) is 31.2 Å². The summed E-state index contributed by atoms with van der Waals surface area (Å²) in [7, 11) is 3.31. The van der Waals surface area contributed by atoms with Crippen LogP contribution in [0.25, 0.3) is 0 Å². The molecule has 100 valence electrons. The minimum absolute atomic E-state index is 0.0183. The fraction of sp³-hybridized carbons (Fsp3) is 0.462. The summed E-state index contributed by atoms with van der Waals surface area (Å²) in [4.78, 5) is 13.8. The van der Waals surface area contributed by atoms with Crippen molar-refractivity contribution < 1.29 is 14.6 Å². The van der Waals surface area contributed by atoms with Gasteiger partial charge in [0.25, 0.3) is 5.91 Å². The summed E-state index contributed by atoms with van der Waals surface area (Å²) in [5, 5.41) is 9.76. The maximum atomic E-state index is 12.1. The minimum Gasteiger partial charge on any atom is -0.507 e. The van der Waals surface area contributed by atoms with Crippen molar-refractivity contribution in [3.05, 3.63) is 29.3 Å². The molecule has 0 aliphatic carbocycles. The first kappa shape index (κ1) is 15.0. The van der Waals surface area contributed by atoms with Crippen molar-refractivity contribution in [2.45, 2.75) is 11.8 Å². The highest BCUT2D eigenvalue weighted by atomic mass is 79.9. The van der Waals surface area contributed by atoms with Crippen LogP contribution in [0.3, 0.4) is 0 Å². The zero-order valence-electron chi connectivity index (χ0n) is 10.8. The van der Waals surface area contributed by atoms with Crippen LogP contribution in [0.5, 0.6) is 5.75 Å². The molecule has 0 radical (unpaired) electrons. The molecular weight excluding hydrogens is 298 g/mol. The van der Waals surface area contributed by atoms with Crippen molar-refractivity contribution in [1.82, 2.24) is 4.90 Å². The van der Waals surface area contributed by atoms with E-state index in [1.165, 1.54) is 0 Å². The summed E-state index contributed by atoms with van der Waals surface area (Å²) in [5.74, 6) is -0.183. The molecule has 5 heteroatoms. The highest BCUT2D eigenvalue weighted by molar-refractivity contribution is 9.09. The van der Waals surface area contributed by atoms with E-state index in [0.29, 0.717) is 18.7 Å². The van der Waals surface area contributed by atoms with E-state index in [9.17, 15) is 9.90 Å². The number of benzene rings is 1. The molecule has 1 amide bonds. The predicted octanol–water partition coefficient (Wildman–Crippen LogP) is 2.18. The molecule has 0 bridgehead atoms. The van der Waals surface area contributed by atoms with Crippen molar-refractivity contribution >= 4 is 21.8 Å². The van der Waals surface area contributed by atoms with E-state index >= 15 is 0 Å². The average molecular weight is 316 g/mol. The van der Waals surface area contributed by atoms with Gasteiger partial charge in [0.2, 0.25) is 0 Å². The number of halogens is 1. The Labute approximate surface area is 116 Å². The third kappa shape index (κ3) is 3.99. The van der Waals surface area contributed by atoms with Gasteiger partial charge in [0.1, 0.15) is 5.75 Å². The van der Waals surface area contributed by atoms with Gasteiger partial charge >= 0.3 is 0 Å². The topological polar surface area (TPSA) is 49.8 Å². The normalized spacial score (nSPS) is 12.2. The second-order valence-electron chi connectivity index (χ2n) is 4.26. The van der Waals surface area contributed by atoms with Crippen molar-refractivity contribution in [2.75, 3.05) is 27.3 Å². The van der Waals surface area contributed by atoms with E-state index in [1.807, 2.05) is 13.0 Å². The molecule has 0 saturated heterocycles. The number of phenols is 1. The number of nitrogens with zero attached hydrogens (tertiary/aromatic N) is 1. The van der Waals surface area contributed by atoms with Gasteiger partial charge in [0, 0.05) is 20.7 Å². The summed E-state index contributed by atoms with van der Waals surface area (Å²) < 4.78 is 5.00. The van der Waals surface area contributed by atoms with Crippen LogP contribution >= 0.6 is 15.9 Å². The molecule has 0 spiro atoms. The summed E-state index contributed by atoms with van der Waals surface area (Å²) in [6.07, 6.45) is 0. The fourth-order valence-corrected chi connectivity index (χ4v) is 2.34. The Morgan fingerprint density at radius 3 is 2.78 bits per heavy atom. The van der Waals surface area contributed by atoms with Gasteiger partial charge in [0.05, 0.1) is 17.0 Å². The predicted molar refractivity (Wildman–Crippen MR) is 74.4 cm³/mol. The Hall–Kier alpha value is -1.07. The summed E-state index contributed by atoms with van der Waals surface area (Å²) in [5.41, 5.74) is 1.24. The smallest absolute Gasteiger partial charge is 0.257 e. The molecule has 1 aromatic rings. The van der Waals surface area contributed by atoms with Gasteiger partial charge in [-0.15, -0.1) is 0 Å². The third-order valence-corrected chi connectivity index (χ3v) is 3.10. The van der Waals surface area contributed by atoms with E-state index in [-0.39, 0.29) is 16.5 Å². The Balaban J connectivity index is 2.74. The molecule has 0 aromatic heterocycles. The molecule has 1 aromatic carbocycles. The number of methoxy groups -OCH3 is 1. The number of alkyl halides is 1. The van der Waals surface area contributed by atoms with E-state index in [0.717, 1.165) is 5.56 Å². The number of aromatic hydroxyl groups is 1. The van der Waals surface area contributed by atoms with Crippen molar-refractivity contribution in [3.63, 3.8) is 0 Å². The quantitative estimate of drug-likeness (QED) is 0.847. The molecule has 0 saturated carbocycles. The zero-order chi connectivity index (χ0) is 13.7. The van der Waals surface area contributed by atoms with Gasteiger partial charge in [0.15, 0.2) is 0 Å². The maximum absolute atomic E-state index is 12.1. The average Bonchev–Trinajstić information content (AvgIpc) is 2.28. The van der Waals surface area contributed by atoms with Gasteiger partial charge < -0.3 is 14.7 Å². The summed E-state index contributed by atoms with van der Waals surface area (Å²) in [6, 6.07) is 5.03. The van der Waals surface area contributed by atoms with Crippen LogP contribution in [-0.4, -0.2) is 48.0 Å². The standard InChI is InChI=1S/C13H18BrNO3/c1-9-4-5-11(12(16)6-9)13(17)15(2)7-10(14)8-18-3/h4-6,10,16H,7-8H2,1-3H3. The molecule has 0 aliphatic rings. The van der Waals surface area contributed by atoms with Gasteiger partial charge in [-0.1, -0.05) is 22.0 Å². The minimum atomic E-state index is -0.201. The van der Waals surface area contributed by atoms with Crippen molar-refractivity contribution in [2.24, 2.45) is 0 Å². The number of rotatable bonds is 5. The van der Waals surface area contributed by atoms with Crippen LogP contribution < -0.4 is 0 Å². The molecule has 1 unspecified atom stereocenters. The van der Waals surface area contributed by atoms with Gasteiger partial charge in [-0.25, -0.2) is 0 Å². The maximum Gasteiger partial charge on any atom is 0.257 e. The lowest BCUT2D eigenvalue weighted by molar-refractivity contribution is 0.0781. The van der Waals surface area contributed by atoms with Crippen LogP contribution in [0.15, 0.2) is 18.2 Å². The second kappa shape index (κ2) is 6.75. The highest BCUT2D eigenvalue weighted by Gasteiger charge is 2.18. The van der Waals surface area contributed by atoms with Crippen LogP contribution in [0.1, 0.15) is 15.9 Å². The Morgan fingerprint density at radius 2 is 2.22 bits per heavy atom. The number of hydrogen-bond donors (Lipinski definition) is 1. The Bertz CT molecular complexity index is 423. The van der Waals surface area contributed by atoms with E-state index in [4.69, 9.17) is 4.74 Å². The van der Waals surface area contributed by atoms with Gasteiger partial charge in [-0.2, -0.15) is 0 Å². The molecular formula is C13H18BrNO3. The van der Waals surface area contributed by atoms with Crippen molar-refractivity contribution in [3.8, 4) is 5.75 Å².